The van der Waals surface area contributed by atoms with E-state index in [1.807, 2.05) is 24.3 Å². The van der Waals surface area contributed by atoms with E-state index in [0.717, 1.165) is 77.6 Å². The van der Waals surface area contributed by atoms with Crippen molar-refractivity contribution in [1.29, 1.82) is 0 Å². The van der Waals surface area contributed by atoms with Gasteiger partial charge in [-0.15, -0.1) is 0 Å². The van der Waals surface area contributed by atoms with Gasteiger partial charge in [-0.1, -0.05) is 103 Å². The summed E-state index contributed by atoms with van der Waals surface area (Å²) < 4.78 is 12.6. The Morgan fingerprint density at radius 1 is 0.333 bits per heavy atom. The van der Waals surface area contributed by atoms with Crippen LogP contribution in [-0.2, 0) is 0 Å². The third-order valence-corrected chi connectivity index (χ3v) is 8.65. The number of fused-ring (bicyclic) bond motifs is 6. The molecule has 3 heteroatoms. The van der Waals surface area contributed by atoms with Crippen LogP contribution in [0.15, 0.2) is 173 Å². The predicted octanol–water partition coefficient (Wildman–Crippen LogP) is 12.3. The number of hydrogen-bond donors (Lipinski definition) is 0. The van der Waals surface area contributed by atoms with Gasteiger partial charge in [0.2, 0.25) is 0 Å². The fourth-order valence-electron chi connectivity index (χ4n) is 6.55. The van der Waals surface area contributed by atoms with Gasteiger partial charge in [0.1, 0.15) is 22.3 Å². The third kappa shape index (κ3) is 4.29. The fraction of sp³-hybridized carbons (Fsp3) is 0. The molecule has 0 bridgehead atoms. The molecule has 9 rings (SSSR count). The molecule has 2 heterocycles. The summed E-state index contributed by atoms with van der Waals surface area (Å²) in [6.45, 7) is 0. The highest BCUT2D eigenvalue weighted by molar-refractivity contribution is 6.13. The number of para-hydroxylation sites is 2. The van der Waals surface area contributed by atoms with E-state index in [2.05, 4.69) is 144 Å². The number of furan rings is 2. The maximum atomic E-state index is 6.33. The van der Waals surface area contributed by atoms with E-state index < -0.39 is 0 Å². The second kappa shape index (κ2) is 10.3. The van der Waals surface area contributed by atoms with Crippen LogP contribution in [0.25, 0.3) is 66.1 Å². The van der Waals surface area contributed by atoms with Crippen LogP contribution in [0.2, 0.25) is 0 Å². The molecule has 212 valence electrons. The molecule has 0 radical (unpaired) electrons. The zero-order valence-electron chi connectivity index (χ0n) is 24.4. The standard InChI is InChI=1S/C42H27NO2/c1-2-11-28(12-3-1)29-13-8-15-32(25-29)43(37-19-10-22-40-42(37)36-18-5-7-21-39(36)44-40)33-16-9-14-30(26-33)31-23-24-35-34-17-4-6-20-38(34)45-41(35)27-31/h1-27H. The van der Waals surface area contributed by atoms with E-state index >= 15 is 0 Å². The Hall–Kier alpha value is -6.06. The van der Waals surface area contributed by atoms with E-state index in [1.54, 1.807) is 0 Å². The summed E-state index contributed by atoms with van der Waals surface area (Å²) in [5.74, 6) is 0. The van der Waals surface area contributed by atoms with Crippen molar-refractivity contribution in [3.63, 3.8) is 0 Å². The van der Waals surface area contributed by atoms with Gasteiger partial charge in [0.15, 0.2) is 0 Å². The third-order valence-electron chi connectivity index (χ3n) is 8.65. The highest BCUT2D eigenvalue weighted by Gasteiger charge is 2.20. The van der Waals surface area contributed by atoms with Crippen LogP contribution in [-0.4, -0.2) is 0 Å². The molecule has 0 atom stereocenters. The predicted molar refractivity (Wildman–Crippen MR) is 187 cm³/mol. The van der Waals surface area contributed by atoms with Crippen LogP contribution in [0.5, 0.6) is 0 Å². The largest absolute Gasteiger partial charge is 0.456 e. The molecule has 0 amide bonds. The quantitative estimate of drug-likeness (QED) is 0.204. The van der Waals surface area contributed by atoms with Gasteiger partial charge >= 0.3 is 0 Å². The van der Waals surface area contributed by atoms with Crippen molar-refractivity contribution < 1.29 is 8.83 Å². The number of nitrogens with zero attached hydrogens (tertiary/aromatic N) is 1. The molecule has 0 N–H and O–H groups in total. The summed E-state index contributed by atoms with van der Waals surface area (Å²) >= 11 is 0. The van der Waals surface area contributed by atoms with Crippen LogP contribution < -0.4 is 4.90 Å². The minimum Gasteiger partial charge on any atom is -0.456 e. The van der Waals surface area contributed by atoms with Crippen molar-refractivity contribution >= 4 is 60.9 Å². The van der Waals surface area contributed by atoms with E-state index in [-0.39, 0.29) is 0 Å². The molecule has 9 aromatic rings. The van der Waals surface area contributed by atoms with E-state index in [0.29, 0.717) is 0 Å². The first-order valence-corrected chi connectivity index (χ1v) is 15.2. The molecule has 0 aliphatic heterocycles. The van der Waals surface area contributed by atoms with Gasteiger partial charge in [0.25, 0.3) is 0 Å². The minimum atomic E-state index is 0.865. The first-order chi connectivity index (χ1) is 22.3. The smallest absolute Gasteiger partial charge is 0.137 e. The number of hydrogen-bond acceptors (Lipinski definition) is 3. The van der Waals surface area contributed by atoms with E-state index in [4.69, 9.17) is 8.83 Å². The van der Waals surface area contributed by atoms with Crippen molar-refractivity contribution in [2.75, 3.05) is 4.90 Å². The maximum Gasteiger partial charge on any atom is 0.137 e. The van der Waals surface area contributed by atoms with Crippen LogP contribution >= 0.6 is 0 Å². The maximum absolute atomic E-state index is 6.33. The second-order valence-corrected chi connectivity index (χ2v) is 11.4. The Labute approximate surface area is 260 Å². The summed E-state index contributed by atoms with van der Waals surface area (Å²) in [6, 6.07) is 57.3. The molecule has 0 aliphatic rings. The average Bonchev–Trinajstić information content (AvgIpc) is 3.67. The molecule has 7 aromatic carbocycles. The SMILES string of the molecule is c1ccc(-c2cccc(N(c3cccc(-c4ccc5c(c4)oc4ccccc45)c3)c3cccc4oc5ccccc5c34)c2)cc1. The monoisotopic (exact) mass is 577 g/mol. The van der Waals surface area contributed by atoms with Crippen molar-refractivity contribution in [1.82, 2.24) is 0 Å². The Morgan fingerprint density at radius 3 is 1.64 bits per heavy atom. The lowest BCUT2D eigenvalue weighted by Gasteiger charge is -2.27. The first-order valence-electron chi connectivity index (χ1n) is 15.2. The first kappa shape index (κ1) is 25.4. The molecule has 0 spiro atoms. The zero-order valence-corrected chi connectivity index (χ0v) is 24.4. The Kier molecular flexibility index (Phi) is 5.82. The van der Waals surface area contributed by atoms with Crippen LogP contribution in [0, 0.1) is 0 Å². The van der Waals surface area contributed by atoms with Gasteiger partial charge in [-0.05, 0) is 82.9 Å². The summed E-state index contributed by atoms with van der Waals surface area (Å²) in [6.07, 6.45) is 0. The molecule has 0 unspecified atom stereocenters. The zero-order chi connectivity index (χ0) is 29.7. The molecule has 2 aromatic heterocycles. The van der Waals surface area contributed by atoms with Crippen molar-refractivity contribution in [2.24, 2.45) is 0 Å². The summed E-state index contributed by atoms with van der Waals surface area (Å²) in [7, 11) is 0. The molecule has 0 aliphatic carbocycles. The lowest BCUT2D eigenvalue weighted by Crippen LogP contribution is -2.10. The molecule has 3 nitrogen and oxygen atoms in total. The van der Waals surface area contributed by atoms with Crippen LogP contribution in [0.4, 0.5) is 17.1 Å². The van der Waals surface area contributed by atoms with Gasteiger partial charge in [-0.2, -0.15) is 0 Å². The molecule has 45 heavy (non-hydrogen) atoms. The van der Waals surface area contributed by atoms with E-state index in [9.17, 15) is 0 Å². The Balaban J connectivity index is 1.25. The normalized spacial score (nSPS) is 11.6. The summed E-state index contributed by atoms with van der Waals surface area (Å²) in [5, 5.41) is 4.45. The Morgan fingerprint density at radius 2 is 0.867 bits per heavy atom. The number of benzene rings is 7. The van der Waals surface area contributed by atoms with Gasteiger partial charge in [0.05, 0.1) is 11.1 Å². The van der Waals surface area contributed by atoms with Gasteiger partial charge in [-0.3, -0.25) is 0 Å². The van der Waals surface area contributed by atoms with Gasteiger partial charge in [-0.25, -0.2) is 0 Å². The van der Waals surface area contributed by atoms with Crippen molar-refractivity contribution in [3.05, 3.63) is 164 Å². The minimum absolute atomic E-state index is 0.865. The number of anilines is 3. The lowest BCUT2D eigenvalue weighted by atomic mass is 10.0. The average molecular weight is 578 g/mol. The van der Waals surface area contributed by atoms with Gasteiger partial charge < -0.3 is 13.7 Å². The topological polar surface area (TPSA) is 29.5 Å². The molecule has 0 fully saturated rings. The van der Waals surface area contributed by atoms with Crippen molar-refractivity contribution in [2.45, 2.75) is 0 Å². The number of rotatable bonds is 5. The van der Waals surface area contributed by atoms with Crippen LogP contribution in [0.3, 0.4) is 0 Å². The summed E-state index contributed by atoms with van der Waals surface area (Å²) in [4.78, 5) is 2.35. The fourth-order valence-corrected chi connectivity index (χ4v) is 6.55. The van der Waals surface area contributed by atoms with E-state index in [1.165, 1.54) is 5.56 Å². The lowest BCUT2D eigenvalue weighted by molar-refractivity contribution is 0.668. The van der Waals surface area contributed by atoms with Crippen LogP contribution in [0.1, 0.15) is 0 Å². The highest BCUT2D eigenvalue weighted by Crippen LogP contribution is 2.44. The second-order valence-electron chi connectivity index (χ2n) is 11.4. The molecular formula is C42H27NO2. The molecular weight excluding hydrogens is 550 g/mol. The van der Waals surface area contributed by atoms with Gasteiger partial charge in [0, 0.05) is 27.5 Å². The highest BCUT2D eigenvalue weighted by atomic mass is 16.3. The van der Waals surface area contributed by atoms with Crippen molar-refractivity contribution in [3.8, 4) is 22.3 Å². The Bertz CT molecular complexity index is 2500. The molecule has 0 saturated carbocycles. The molecule has 0 saturated heterocycles. The summed E-state index contributed by atoms with van der Waals surface area (Å²) in [5.41, 5.74) is 11.3.